The highest BCUT2D eigenvalue weighted by Crippen LogP contribution is 2.26. The molecule has 0 bridgehead atoms. The molecule has 0 spiro atoms. The number of nitrogens with one attached hydrogen (secondary N) is 2. The molecule has 0 heterocycles. The van der Waals surface area contributed by atoms with E-state index in [2.05, 4.69) is 10.6 Å². The lowest BCUT2D eigenvalue weighted by atomic mass is 9.88. The summed E-state index contributed by atoms with van der Waals surface area (Å²) >= 11 is 0. The fourth-order valence-corrected chi connectivity index (χ4v) is 3.49. The number of nitrogens with two attached hydrogens (primary N) is 1. The Labute approximate surface area is 176 Å². The summed E-state index contributed by atoms with van der Waals surface area (Å²) in [7, 11) is 0. The van der Waals surface area contributed by atoms with E-state index in [0.717, 1.165) is 37.7 Å². The van der Waals surface area contributed by atoms with Crippen LogP contribution in [0.5, 0.6) is 0 Å². The summed E-state index contributed by atoms with van der Waals surface area (Å²) in [5.41, 5.74) is 7.42. The van der Waals surface area contributed by atoms with Crippen molar-refractivity contribution < 1.29 is 14.0 Å². The molecule has 1 unspecified atom stereocenters. The molecule has 1 fully saturated rings. The Hall–Kier alpha value is -2.44. The number of halogens is 2. The Morgan fingerprint density at radius 3 is 2.41 bits per heavy atom. The topological polar surface area (TPSA) is 84.2 Å². The Kier molecular flexibility index (Phi) is 8.61. The maximum absolute atomic E-state index is 14.1. The lowest BCUT2D eigenvalue weighted by Gasteiger charge is -2.21. The third-order valence-electron chi connectivity index (χ3n) is 5.10. The van der Waals surface area contributed by atoms with Gasteiger partial charge in [-0.05, 0) is 43.0 Å². The minimum Gasteiger partial charge on any atom is -0.325 e. The molecule has 1 aliphatic carbocycles. The number of hydrogen-bond donors (Lipinski definition) is 3. The van der Waals surface area contributed by atoms with E-state index in [-0.39, 0.29) is 35.8 Å². The van der Waals surface area contributed by atoms with Crippen LogP contribution in [0.3, 0.4) is 0 Å². The van der Waals surface area contributed by atoms with Gasteiger partial charge in [0, 0.05) is 11.6 Å². The zero-order valence-corrected chi connectivity index (χ0v) is 17.0. The van der Waals surface area contributed by atoms with E-state index in [4.69, 9.17) is 5.73 Å². The minimum absolute atomic E-state index is 0. The first-order valence-corrected chi connectivity index (χ1v) is 9.73. The molecule has 1 atom stereocenters. The molecule has 2 aromatic rings. The molecule has 3 rings (SSSR count). The summed E-state index contributed by atoms with van der Waals surface area (Å²) in [6.45, 7) is 0. The van der Waals surface area contributed by atoms with Crippen LogP contribution in [0.15, 0.2) is 48.5 Å². The van der Waals surface area contributed by atoms with E-state index < -0.39 is 11.9 Å². The van der Waals surface area contributed by atoms with E-state index in [1.165, 1.54) is 18.2 Å². The van der Waals surface area contributed by atoms with Crippen LogP contribution in [-0.2, 0) is 16.0 Å². The average Bonchev–Trinajstić information content (AvgIpc) is 2.71. The van der Waals surface area contributed by atoms with Crippen molar-refractivity contribution in [3.8, 4) is 0 Å². The van der Waals surface area contributed by atoms with Crippen molar-refractivity contribution in [3.63, 3.8) is 0 Å². The average molecular weight is 420 g/mol. The highest BCUT2D eigenvalue weighted by atomic mass is 35.5. The van der Waals surface area contributed by atoms with Crippen LogP contribution in [0.4, 0.5) is 15.8 Å². The summed E-state index contributed by atoms with van der Waals surface area (Å²) in [6.07, 6.45) is 5.25. The van der Waals surface area contributed by atoms with Gasteiger partial charge in [-0.3, -0.25) is 9.59 Å². The summed E-state index contributed by atoms with van der Waals surface area (Å²) in [6, 6.07) is 12.9. The van der Waals surface area contributed by atoms with Crippen molar-refractivity contribution in [1.82, 2.24) is 0 Å². The molecule has 156 valence electrons. The van der Waals surface area contributed by atoms with Crippen molar-refractivity contribution in [2.24, 2.45) is 11.7 Å². The third-order valence-corrected chi connectivity index (χ3v) is 5.10. The molecule has 1 saturated carbocycles. The highest BCUT2D eigenvalue weighted by Gasteiger charge is 2.22. The fraction of sp³-hybridized carbons (Fsp3) is 0.364. The molecule has 0 saturated heterocycles. The van der Waals surface area contributed by atoms with Crippen LogP contribution in [0.25, 0.3) is 0 Å². The summed E-state index contributed by atoms with van der Waals surface area (Å²) in [5.74, 6) is -1.13. The van der Waals surface area contributed by atoms with Crippen LogP contribution in [0, 0.1) is 11.7 Å². The molecule has 1 aliphatic rings. The van der Waals surface area contributed by atoms with Gasteiger partial charge >= 0.3 is 0 Å². The van der Waals surface area contributed by atoms with Crippen LogP contribution in [0.1, 0.15) is 37.7 Å². The summed E-state index contributed by atoms with van der Waals surface area (Å²) in [4.78, 5) is 24.7. The minimum atomic E-state index is -0.729. The molecular weight excluding hydrogens is 393 g/mol. The van der Waals surface area contributed by atoms with Crippen molar-refractivity contribution in [2.75, 3.05) is 10.6 Å². The Morgan fingerprint density at radius 1 is 1.03 bits per heavy atom. The maximum atomic E-state index is 14.1. The lowest BCUT2D eigenvalue weighted by molar-refractivity contribution is -0.120. The normalized spacial score (nSPS) is 15.1. The first-order valence-electron chi connectivity index (χ1n) is 9.73. The Bertz CT molecular complexity index is 826. The van der Waals surface area contributed by atoms with Crippen molar-refractivity contribution in [2.45, 2.75) is 44.6 Å². The van der Waals surface area contributed by atoms with Gasteiger partial charge in [0.05, 0.1) is 11.7 Å². The number of hydrogen-bond acceptors (Lipinski definition) is 3. The molecule has 0 aromatic heterocycles. The molecule has 0 radical (unpaired) electrons. The number of rotatable bonds is 6. The SMILES string of the molecule is Cl.NC(Cc1ccccc1)C(=O)Nc1ccc(F)c(NC(=O)C2CCCCC2)c1. The monoisotopic (exact) mass is 419 g/mol. The van der Waals surface area contributed by atoms with Crippen LogP contribution in [0.2, 0.25) is 0 Å². The van der Waals surface area contributed by atoms with Crippen molar-refractivity contribution in [1.29, 1.82) is 0 Å². The van der Waals surface area contributed by atoms with Crippen molar-refractivity contribution in [3.05, 3.63) is 59.9 Å². The first kappa shape index (κ1) is 22.8. The zero-order valence-electron chi connectivity index (χ0n) is 16.2. The zero-order chi connectivity index (χ0) is 19.9. The molecule has 2 aromatic carbocycles. The van der Waals surface area contributed by atoms with E-state index in [9.17, 15) is 14.0 Å². The molecular formula is C22H27ClFN3O2. The second kappa shape index (κ2) is 10.9. The standard InChI is InChI=1S/C22H26FN3O2.ClH/c23-18-12-11-17(14-20(18)26-21(27)16-9-5-2-6-10-16)25-22(28)19(24)13-15-7-3-1-4-8-15;/h1,3-4,7-8,11-12,14,16,19H,2,5-6,9-10,13,24H2,(H,25,28)(H,26,27);1H. The van der Waals surface area contributed by atoms with Crippen LogP contribution >= 0.6 is 12.4 Å². The molecule has 7 heteroatoms. The van der Waals surface area contributed by atoms with Gasteiger partial charge in [-0.2, -0.15) is 0 Å². The number of anilines is 2. The van der Waals surface area contributed by atoms with Gasteiger partial charge in [-0.1, -0.05) is 49.6 Å². The molecule has 2 amide bonds. The van der Waals surface area contributed by atoms with E-state index in [0.29, 0.717) is 12.1 Å². The predicted molar refractivity (Wildman–Crippen MR) is 116 cm³/mol. The molecule has 29 heavy (non-hydrogen) atoms. The summed E-state index contributed by atoms with van der Waals surface area (Å²) < 4.78 is 14.1. The van der Waals surface area contributed by atoms with Gasteiger partial charge in [-0.15, -0.1) is 12.4 Å². The fourth-order valence-electron chi connectivity index (χ4n) is 3.49. The Morgan fingerprint density at radius 2 is 1.72 bits per heavy atom. The molecule has 4 N–H and O–H groups in total. The second-order valence-electron chi connectivity index (χ2n) is 7.30. The number of carbonyl (C=O) groups excluding carboxylic acids is 2. The van der Waals surface area contributed by atoms with E-state index >= 15 is 0 Å². The van der Waals surface area contributed by atoms with Crippen molar-refractivity contribution >= 4 is 35.6 Å². The maximum Gasteiger partial charge on any atom is 0.241 e. The van der Waals surface area contributed by atoms with Crippen LogP contribution in [-0.4, -0.2) is 17.9 Å². The smallest absolute Gasteiger partial charge is 0.241 e. The molecule has 0 aliphatic heterocycles. The molecule has 5 nitrogen and oxygen atoms in total. The number of carbonyl (C=O) groups is 2. The summed E-state index contributed by atoms with van der Waals surface area (Å²) in [5, 5.41) is 5.37. The van der Waals surface area contributed by atoms with Gasteiger partial charge < -0.3 is 16.4 Å². The van der Waals surface area contributed by atoms with Gasteiger partial charge in [0.15, 0.2) is 0 Å². The van der Waals surface area contributed by atoms with E-state index in [1.54, 1.807) is 0 Å². The van der Waals surface area contributed by atoms with Gasteiger partial charge in [0.1, 0.15) is 5.82 Å². The van der Waals surface area contributed by atoms with Crippen LogP contribution < -0.4 is 16.4 Å². The highest BCUT2D eigenvalue weighted by molar-refractivity contribution is 5.97. The van der Waals surface area contributed by atoms with E-state index in [1.807, 2.05) is 30.3 Å². The number of amides is 2. The van der Waals surface area contributed by atoms with Gasteiger partial charge in [0.2, 0.25) is 11.8 Å². The first-order chi connectivity index (χ1) is 13.5. The van der Waals surface area contributed by atoms with Gasteiger partial charge in [-0.25, -0.2) is 4.39 Å². The largest absolute Gasteiger partial charge is 0.325 e. The third kappa shape index (κ3) is 6.54. The Balaban J connectivity index is 0.00000300. The number of benzene rings is 2. The predicted octanol–water partition coefficient (Wildman–Crippen LogP) is 4.27. The second-order valence-corrected chi connectivity index (χ2v) is 7.30. The lowest BCUT2D eigenvalue weighted by Crippen LogP contribution is -2.37. The van der Waals surface area contributed by atoms with Gasteiger partial charge in [0.25, 0.3) is 0 Å². The quantitative estimate of drug-likeness (QED) is 0.653.